The van der Waals surface area contributed by atoms with E-state index in [9.17, 15) is 19.8 Å². The number of fused-ring (bicyclic) bond motifs is 1. The minimum absolute atomic E-state index is 0.00740. The molecular weight excluding hydrogens is 780 g/mol. The highest BCUT2D eigenvalue weighted by atomic mass is 17.2. The summed E-state index contributed by atoms with van der Waals surface area (Å²) < 4.78 is 51.6. The van der Waals surface area contributed by atoms with Crippen LogP contribution in [-0.4, -0.2) is 171 Å². The highest BCUT2D eigenvalue weighted by Gasteiger charge is 2.56. The molecule has 350 valence electrons. The third-order valence-electron chi connectivity index (χ3n) is 13.8. The molecule has 4 aliphatic heterocycles. The van der Waals surface area contributed by atoms with Crippen molar-refractivity contribution in [1.82, 2.24) is 9.80 Å². The summed E-state index contributed by atoms with van der Waals surface area (Å²) in [5, 5.41) is 22.3. The molecule has 2 N–H and O–H groups in total. The molecule has 0 unspecified atom stereocenters. The van der Waals surface area contributed by atoms with Crippen molar-refractivity contribution in [3.05, 3.63) is 0 Å². The van der Waals surface area contributed by atoms with Gasteiger partial charge in [0.05, 0.1) is 54.2 Å². The maximum absolute atomic E-state index is 14.7. The molecule has 0 saturated carbocycles. The van der Waals surface area contributed by atoms with Gasteiger partial charge < -0.3 is 57.9 Å². The second-order valence-corrected chi connectivity index (χ2v) is 19.2. The predicted molar refractivity (Wildman–Crippen MR) is 221 cm³/mol. The Morgan fingerprint density at radius 2 is 1.68 bits per heavy atom. The molecule has 4 saturated heterocycles. The standard InChI is InChI=1S/C44H80N2O14/c1-16-34-44(11)32(24-53-60-44)29(6)46(14)23-25(2)21-42(9,50)38(59-41-37(56-31(8)48)33(45(12)13)20-26(3)54-41)27(4)36(28(5)40(49)57-34)58-35-22-43(10,51-15)39(30(7)55-35)52-19-17-18-47/h25-30,32-39,41,47,50H,16-24H2,1-15H3/t25-,26-,27+,28-,29-,30+,32-,33+,34-,35+,36+,37-,38-,39+,41+,42-,43-,44+/m1/s1. The second kappa shape index (κ2) is 21.4. The van der Waals surface area contributed by atoms with E-state index in [2.05, 4.69) is 18.7 Å². The summed E-state index contributed by atoms with van der Waals surface area (Å²) in [5.74, 6) is -2.81. The van der Waals surface area contributed by atoms with Crippen molar-refractivity contribution in [3.63, 3.8) is 0 Å². The maximum Gasteiger partial charge on any atom is 0.311 e. The van der Waals surface area contributed by atoms with Gasteiger partial charge in [-0.05, 0) is 101 Å². The van der Waals surface area contributed by atoms with Gasteiger partial charge in [-0.3, -0.25) is 9.59 Å². The number of nitrogens with zero attached hydrogens (tertiary/aromatic N) is 2. The van der Waals surface area contributed by atoms with E-state index in [4.69, 9.17) is 47.7 Å². The van der Waals surface area contributed by atoms with Gasteiger partial charge in [-0.15, -0.1) is 0 Å². The molecule has 18 atom stereocenters. The molecule has 0 aromatic heterocycles. The average Bonchev–Trinajstić information content (AvgIpc) is 3.56. The number of likely N-dealkylation sites (N-methyl/N-ethyl adjacent to an activating group) is 1. The van der Waals surface area contributed by atoms with Gasteiger partial charge in [0.1, 0.15) is 17.8 Å². The topological polar surface area (TPSA) is 173 Å². The Bertz CT molecular complexity index is 1370. The van der Waals surface area contributed by atoms with E-state index in [-0.39, 0.29) is 43.1 Å². The van der Waals surface area contributed by atoms with Crippen LogP contribution in [0, 0.1) is 23.7 Å². The van der Waals surface area contributed by atoms with Gasteiger partial charge in [0.25, 0.3) is 0 Å². The van der Waals surface area contributed by atoms with E-state index >= 15 is 0 Å². The number of aliphatic hydroxyl groups excluding tert-OH is 1. The quantitative estimate of drug-likeness (QED) is 0.163. The summed E-state index contributed by atoms with van der Waals surface area (Å²) in [7, 11) is 7.51. The van der Waals surface area contributed by atoms with Crippen LogP contribution in [0.1, 0.15) is 108 Å². The molecule has 4 fully saturated rings. The summed E-state index contributed by atoms with van der Waals surface area (Å²) in [6.45, 7) is 21.9. The Balaban J connectivity index is 1.84. The normalized spacial score (nSPS) is 45.4. The Morgan fingerprint density at radius 1 is 1.00 bits per heavy atom. The van der Waals surface area contributed by atoms with E-state index < -0.39 is 89.8 Å². The Hall–Kier alpha value is -1.54. The monoisotopic (exact) mass is 861 g/mol. The van der Waals surface area contributed by atoms with Gasteiger partial charge in [0.2, 0.25) is 0 Å². The number of cyclic esters (lactones) is 1. The van der Waals surface area contributed by atoms with Crippen molar-refractivity contribution < 1.29 is 67.5 Å². The minimum Gasteiger partial charge on any atom is -0.459 e. The number of methoxy groups -OCH3 is 1. The zero-order valence-electron chi connectivity index (χ0n) is 39.2. The highest BCUT2D eigenvalue weighted by Crippen LogP contribution is 2.43. The predicted octanol–water partition coefficient (Wildman–Crippen LogP) is 4.10. The van der Waals surface area contributed by atoms with Crippen LogP contribution in [0.3, 0.4) is 0 Å². The summed E-state index contributed by atoms with van der Waals surface area (Å²) in [4.78, 5) is 43.2. The summed E-state index contributed by atoms with van der Waals surface area (Å²) >= 11 is 0. The van der Waals surface area contributed by atoms with Gasteiger partial charge in [0, 0.05) is 58.1 Å². The highest BCUT2D eigenvalue weighted by molar-refractivity contribution is 5.73. The first-order valence-electron chi connectivity index (χ1n) is 22.2. The summed E-state index contributed by atoms with van der Waals surface area (Å²) in [6, 6.07) is -0.279. The number of ether oxygens (including phenoxy) is 8. The van der Waals surface area contributed by atoms with Crippen LogP contribution in [0.15, 0.2) is 0 Å². The van der Waals surface area contributed by atoms with Crippen LogP contribution in [0.5, 0.6) is 0 Å². The van der Waals surface area contributed by atoms with Crippen LogP contribution in [-0.2, 0) is 57.3 Å². The molecule has 16 heteroatoms. The number of hydrogen-bond donors (Lipinski definition) is 2. The van der Waals surface area contributed by atoms with Crippen molar-refractivity contribution in [1.29, 1.82) is 0 Å². The van der Waals surface area contributed by atoms with Gasteiger partial charge in [-0.1, -0.05) is 20.8 Å². The van der Waals surface area contributed by atoms with Crippen molar-refractivity contribution in [2.45, 2.75) is 192 Å². The van der Waals surface area contributed by atoms with Crippen LogP contribution in [0.25, 0.3) is 0 Å². The number of carbonyl (C=O) groups excluding carboxylic acids is 2. The Labute approximate surface area is 359 Å². The third-order valence-corrected chi connectivity index (χ3v) is 13.8. The fourth-order valence-electron chi connectivity index (χ4n) is 10.4. The first kappa shape index (κ1) is 51.1. The van der Waals surface area contributed by atoms with Crippen molar-refractivity contribution in [2.75, 3.05) is 54.6 Å². The SMILES string of the molecule is CC[C@H]1OC(=O)[C@H](C)[C@@H](O[C@H]2C[C@@](C)(OC)[C@@H](OCCCO)[C@H](C)O2)[C@H](C)[C@@H](O[C@@H]2O[C@H](C)C[C@H](N(C)C)[C@H]2OC(C)=O)[C@](C)(O)C[C@@H](C)CN(C)[C@H](C)[C@H]2COO[C@@]21C. The molecule has 4 heterocycles. The lowest BCUT2D eigenvalue weighted by Gasteiger charge is -2.49. The first-order chi connectivity index (χ1) is 28.0. The fraction of sp³-hybridized carbons (Fsp3) is 0.955. The molecule has 0 aromatic carbocycles. The Morgan fingerprint density at radius 3 is 2.28 bits per heavy atom. The molecule has 0 aliphatic carbocycles. The molecule has 0 bridgehead atoms. The zero-order valence-corrected chi connectivity index (χ0v) is 39.2. The van der Waals surface area contributed by atoms with Gasteiger partial charge in [-0.25, -0.2) is 9.78 Å². The van der Waals surface area contributed by atoms with E-state index in [1.165, 1.54) is 6.92 Å². The minimum atomic E-state index is -1.53. The van der Waals surface area contributed by atoms with Gasteiger partial charge in [0.15, 0.2) is 18.7 Å². The average molecular weight is 861 g/mol. The largest absolute Gasteiger partial charge is 0.459 e. The van der Waals surface area contributed by atoms with E-state index in [1.54, 1.807) is 21.0 Å². The molecule has 0 spiro atoms. The van der Waals surface area contributed by atoms with Gasteiger partial charge >= 0.3 is 11.9 Å². The second-order valence-electron chi connectivity index (χ2n) is 19.2. The lowest BCUT2D eigenvalue weighted by molar-refractivity contribution is -0.327. The molecule has 60 heavy (non-hydrogen) atoms. The lowest BCUT2D eigenvalue weighted by atomic mass is 9.77. The number of aliphatic hydroxyl groups is 2. The number of carbonyl (C=O) groups is 2. The van der Waals surface area contributed by atoms with Crippen LogP contribution in [0.2, 0.25) is 0 Å². The molecule has 16 nitrogen and oxygen atoms in total. The maximum atomic E-state index is 14.7. The summed E-state index contributed by atoms with van der Waals surface area (Å²) in [6.07, 6.45) is -4.55. The van der Waals surface area contributed by atoms with Gasteiger partial charge in [-0.2, -0.15) is 0 Å². The van der Waals surface area contributed by atoms with Crippen LogP contribution in [0.4, 0.5) is 0 Å². The third kappa shape index (κ3) is 11.8. The molecule has 0 aromatic rings. The summed E-state index contributed by atoms with van der Waals surface area (Å²) in [5.41, 5.74) is -3.33. The van der Waals surface area contributed by atoms with Crippen LogP contribution < -0.4 is 0 Å². The van der Waals surface area contributed by atoms with Crippen molar-refractivity contribution in [3.8, 4) is 0 Å². The van der Waals surface area contributed by atoms with E-state index in [0.29, 0.717) is 45.4 Å². The van der Waals surface area contributed by atoms with E-state index in [1.807, 2.05) is 67.6 Å². The van der Waals surface area contributed by atoms with E-state index in [0.717, 1.165) is 0 Å². The molecule has 0 amide bonds. The molecule has 4 rings (SSSR count). The lowest BCUT2D eigenvalue weighted by Crippen LogP contribution is -2.61. The van der Waals surface area contributed by atoms with Crippen molar-refractivity contribution >= 4 is 11.9 Å². The number of esters is 2. The van der Waals surface area contributed by atoms with Crippen LogP contribution >= 0.6 is 0 Å². The molecule has 0 radical (unpaired) electrons. The number of hydrogen-bond acceptors (Lipinski definition) is 16. The fourth-order valence-corrected chi connectivity index (χ4v) is 10.4. The first-order valence-corrected chi connectivity index (χ1v) is 22.2. The Kier molecular flexibility index (Phi) is 18.2. The van der Waals surface area contributed by atoms with Crippen molar-refractivity contribution in [2.24, 2.45) is 23.7 Å². The number of rotatable bonds is 12. The molecule has 4 aliphatic rings. The molecular formula is C44H80N2O14. The zero-order chi connectivity index (χ0) is 44.9. The smallest absolute Gasteiger partial charge is 0.311 e.